The maximum Gasteiger partial charge on any atom is 0.261 e. The highest BCUT2D eigenvalue weighted by molar-refractivity contribution is 7.16. The molecular formula is C17H17N3O2S2. The van der Waals surface area contributed by atoms with E-state index in [0.717, 1.165) is 15.4 Å². The summed E-state index contributed by atoms with van der Waals surface area (Å²) in [6.45, 7) is 2.20. The number of para-hydroxylation sites is 1. The molecular weight excluding hydrogens is 342 g/mol. The lowest BCUT2D eigenvalue weighted by Gasteiger charge is -2.14. The van der Waals surface area contributed by atoms with Gasteiger partial charge in [-0.25, -0.2) is 4.98 Å². The predicted molar refractivity (Wildman–Crippen MR) is 98.2 cm³/mol. The number of anilines is 1. The molecule has 2 heterocycles. The summed E-state index contributed by atoms with van der Waals surface area (Å²) in [7, 11) is 0. The summed E-state index contributed by atoms with van der Waals surface area (Å²) in [5, 5.41) is 5.38. The Bertz CT molecular complexity index is 814. The fraction of sp³-hybridized carbons (Fsp3) is 0.176. The van der Waals surface area contributed by atoms with Crippen molar-refractivity contribution < 1.29 is 9.53 Å². The summed E-state index contributed by atoms with van der Waals surface area (Å²) in [6, 6.07) is 13.3. The second kappa shape index (κ2) is 7.46. The zero-order chi connectivity index (χ0) is 16.9. The molecule has 0 spiro atoms. The van der Waals surface area contributed by atoms with Gasteiger partial charge in [-0.3, -0.25) is 4.79 Å². The van der Waals surface area contributed by atoms with Crippen molar-refractivity contribution in [3.05, 3.63) is 52.7 Å². The van der Waals surface area contributed by atoms with Crippen molar-refractivity contribution in [3.63, 3.8) is 0 Å². The van der Waals surface area contributed by atoms with E-state index in [2.05, 4.69) is 10.3 Å². The van der Waals surface area contributed by atoms with Crippen molar-refractivity contribution in [2.24, 2.45) is 0 Å². The zero-order valence-corrected chi connectivity index (χ0v) is 14.7. The van der Waals surface area contributed by atoms with E-state index in [1.54, 1.807) is 18.3 Å². The molecule has 5 nitrogen and oxygen atoms in total. The molecule has 0 radical (unpaired) electrons. The molecule has 0 aliphatic carbocycles. The van der Waals surface area contributed by atoms with E-state index in [1.165, 1.54) is 11.3 Å². The third-order valence-corrected chi connectivity index (χ3v) is 5.08. The van der Waals surface area contributed by atoms with Crippen LogP contribution >= 0.6 is 22.7 Å². The number of thiophene rings is 1. The molecule has 7 heteroatoms. The highest BCUT2D eigenvalue weighted by Crippen LogP contribution is 2.29. The molecule has 0 fully saturated rings. The van der Waals surface area contributed by atoms with Crippen molar-refractivity contribution in [2.75, 3.05) is 5.73 Å². The average molecular weight is 359 g/mol. The number of aromatic nitrogens is 1. The standard InChI is InChI=1S/C17H17N3O2S2/c1-11(22-12-5-3-2-4-6-12)16(21)19-9-13-7-8-15(24-13)14-10-23-17(18)20-14/h2-8,10-11H,9H2,1H3,(H2,18,20)(H,19,21). The number of hydrogen-bond donors (Lipinski definition) is 2. The van der Waals surface area contributed by atoms with E-state index in [4.69, 9.17) is 10.5 Å². The Morgan fingerprint density at radius 2 is 2.08 bits per heavy atom. The van der Waals surface area contributed by atoms with Crippen LogP contribution in [0.15, 0.2) is 47.8 Å². The zero-order valence-electron chi connectivity index (χ0n) is 13.1. The lowest BCUT2D eigenvalue weighted by Crippen LogP contribution is -2.35. The van der Waals surface area contributed by atoms with Crippen LogP contribution in [0.25, 0.3) is 10.6 Å². The fourth-order valence-electron chi connectivity index (χ4n) is 2.09. The number of nitrogen functional groups attached to an aromatic ring is 1. The number of carbonyl (C=O) groups excluding carboxylic acids is 1. The molecule has 3 N–H and O–H groups in total. The summed E-state index contributed by atoms with van der Waals surface area (Å²) in [6.07, 6.45) is -0.551. The van der Waals surface area contributed by atoms with Crippen LogP contribution in [0.4, 0.5) is 5.13 Å². The summed E-state index contributed by atoms with van der Waals surface area (Å²) < 4.78 is 5.61. The number of ether oxygens (including phenoxy) is 1. The van der Waals surface area contributed by atoms with Gasteiger partial charge in [0, 0.05) is 10.3 Å². The number of carbonyl (C=O) groups is 1. The summed E-state index contributed by atoms with van der Waals surface area (Å²) in [5.41, 5.74) is 6.53. The van der Waals surface area contributed by atoms with Crippen LogP contribution in [-0.2, 0) is 11.3 Å². The van der Waals surface area contributed by atoms with Gasteiger partial charge in [0.05, 0.1) is 17.1 Å². The minimum Gasteiger partial charge on any atom is -0.481 e. The lowest BCUT2D eigenvalue weighted by molar-refractivity contribution is -0.127. The molecule has 0 saturated carbocycles. The Balaban J connectivity index is 1.53. The van der Waals surface area contributed by atoms with Crippen LogP contribution in [0.3, 0.4) is 0 Å². The van der Waals surface area contributed by atoms with E-state index < -0.39 is 6.10 Å². The highest BCUT2D eigenvalue weighted by atomic mass is 32.1. The van der Waals surface area contributed by atoms with Crippen molar-refractivity contribution in [3.8, 4) is 16.3 Å². The van der Waals surface area contributed by atoms with E-state index in [1.807, 2.05) is 47.8 Å². The van der Waals surface area contributed by atoms with E-state index in [0.29, 0.717) is 17.4 Å². The molecule has 1 atom stereocenters. The number of nitrogens with two attached hydrogens (primary N) is 1. The highest BCUT2D eigenvalue weighted by Gasteiger charge is 2.15. The largest absolute Gasteiger partial charge is 0.481 e. The summed E-state index contributed by atoms with van der Waals surface area (Å²) in [4.78, 5) is 18.5. The third-order valence-electron chi connectivity index (χ3n) is 3.30. The third kappa shape index (κ3) is 4.12. The number of benzene rings is 1. The first-order chi connectivity index (χ1) is 11.6. The molecule has 0 bridgehead atoms. The second-order valence-corrected chi connectivity index (χ2v) is 7.19. The number of thiazole rings is 1. The molecule has 24 heavy (non-hydrogen) atoms. The number of nitrogens with zero attached hydrogens (tertiary/aromatic N) is 1. The lowest BCUT2D eigenvalue weighted by atomic mass is 10.3. The van der Waals surface area contributed by atoms with E-state index in [9.17, 15) is 4.79 Å². The van der Waals surface area contributed by atoms with Gasteiger partial charge in [-0.05, 0) is 31.2 Å². The number of amides is 1. The monoisotopic (exact) mass is 359 g/mol. The maximum atomic E-state index is 12.1. The molecule has 0 saturated heterocycles. The van der Waals surface area contributed by atoms with E-state index in [-0.39, 0.29) is 5.91 Å². The molecule has 1 amide bonds. The van der Waals surface area contributed by atoms with Crippen LogP contribution in [0.5, 0.6) is 5.75 Å². The van der Waals surface area contributed by atoms with Gasteiger partial charge in [-0.15, -0.1) is 22.7 Å². The first-order valence-electron chi connectivity index (χ1n) is 7.41. The fourth-order valence-corrected chi connectivity index (χ4v) is 3.63. The van der Waals surface area contributed by atoms with Crippen molar-refractivity contribution >= 4 is 33.7 Å². The normalized spacial score (nSPS) is 11.9. The van der Waals surface area contributed by atoms with Crippen LogP contribution < -0.4 is 15.8 Å². The molecule has 3 aromatic rings. The van der Waals surface area contributed by atoms with Gasteiger partial charge >= 0.3 is 0 Å². The number of hydrogen-bond acceptors (Lipinski definition) is 6. The predicted octanol–water partition coefficient (Wildman–Crippen LogP) is 3.54. The second-order valence-electron chi connectivity index (χ2n) is 5.13. The van der Waals surface area contributed by atoms with Crippen LogP contribution in [0, 0.1) is 0 Å². The van der Waals surface area contributed by atoms with Crippen molar-refractivity contribution in [1.29, 1.82) is 0 Å². The Kier molecular flexibility index (Phi) is 5.12. The molecule has 1 unspecified atom stereocenters. The maximum absolute atomic E-state index is 12.1. The van der Waals surface area contributed by atoms with Gasteiger partial charge in [-0.1, -0.05) is 18.2 Å². The molecule has 3 rings (SSSR count). The Labute approximate surface area is 148 Å². The Morgan fingerprint density at radius 1 is 1.29 bits per heavy atom. The number of nitrogens with one attached hydrogen (secondary N) is 1. The minimum atomic E-state index is -0.551. The van der Waals surface area contributed by atoms with Crippen molar-refractivity contribution in [2.45, 2.75) is 19.6 Å². The van der Waals surface area contributed by atoms with Crippen LogP contribution in [0.2, 0.25) is 0 Å². The molecule has 0 aliphatic rings. The molecule has 124 valence electrons. The van der Waals surface area contributed by atoms with Crippen LogP contribution in [0.1, 0.15) is 11.8 Å². The average Bonchev–Trinajstić information content (AvgIpc) is 3.22. The SMILES string of the molecule is CC(Oc1ccccc1)C(=O)NCc1ccc(-c2csc(N)n2)s1. The van der Waals surface area contributed by atoms with Gasteiger partial charge in [0.1, 0.15) is 5.75 Å². The summed E-state index contributed by atoms with van der Waals surface area (Å²) in [5.74, 6) is 0.534. The molecule has 2 aromatic heterocycles. The quantitative estimate of drug-likeness (QED) is 0.706. The van der Waals surface area contributed by atoms with Gasteiger partial charge in [-0.2, -0.15) is 0 Å². The Hall–Kier alpha value is -2.38. The topological polar surface area (TPSA) is 77.2 Å². The summed E-state index contributed by atoms with van der Waals surface area (Å²) >= 11 is 3.01. The minimum absolute atomic E-state index is 0.147. The number of rotatable bonds is 6. The van der Waals surface area contributed by atoms with E-state index >= 15 is 0 Å². The first-order valence-corrected chi connectivity index (χ1v) is 9.11. The molecule has 1 aromatic carbocycles. The van der Waals surface area contributed by atoms with Gasteiger partial charge < -0.3 is 15.8 Å². The smallest absolute Gasteiger partial charge is 0.261 e. The van der Waals surface area contributed by atoms with Crippen LogP contribution in [-0.4, -0.2) is 17.0 Å². The molecule has 0 aliphatic heterocycles. The van der Waals surface area contributed by atoms with Crippen molar-refractivity contribution in [1.82, 2.24) is 10.3 Å². The Morgan fingerprint density at radius 3 is 2.79 bits per heavy atom. The van der Waals surface area contributed by atoms with Gasteiger partial charge in [0.2, 0.25) is 0 Å². The first kappa shape index (κ1) is 16.5. The van der Waals surface area contributed by atoms with Gasteiger partial charge in [0.25, 0.3) is 5.91 Å². The van der Waals surface area contributed by atoms with Gasteiger partial charge in [0.15, 0.2) is 11.2 Å².